The van der Waals surface area contributed by atoms with Gasteiger partial charge in [-0.2, -0.15) is 18.3 Å². The number of alkyl halides is 3. The molecule has 1 atom stereocenters. The van der Waals surface area contributed by atoms with Crippen molar-refractivity contribution in [2.75, 3.05) is 0 Å². The van der Waals surface area contributed by atoms with E-state index >= 15 is 0 Å². The van der Waals surface area contributed by atoms with Gasteiger partial charge in [-0.15, -0.1) is 11.3 Å². The largest absolute Gasteiger partial charge is 0.433 e. The van der Waals surface area contributed by atoms with Crippen LogP contribution < -0.4 is 0 Å². The van der Waals surface area contributed by atoms with Crippen LogP contribution in [0, 0.1) is 0 Å². The number of nitrogens with zero attached hydrogens (tertiary/aromatic N) is 1. The molecule has 0 aliphatic heterocycles. The minimum atomic E-state index is -4.39. The summed E-state index contributed by atoms with van der Waals surface area (Å²) < 4.78 is 38.6. The Labute approximate surface area is 113 Å². The molecule has 0 aliphatic carbocycles. The lowest BCUT2D eigenvalue weighted by atomic mass is 9.96. The zero-order chi connectivity index (χ0) is 14.0. The molecule has 0 fully saturated rings. The third kappa shape index (κ3) is 2.83. The molecule has 1 unspecified atom stereocenters. The quantitative estimate of drug-likeness (QED) is 0.875. The summed E-state index contributed by atoms with van der Waals surface area (Å²) in [4.78, 5) is 0.994. The van der Waals surface area contributed by atoms with Crippen molar-refractivity contribution in [2.24, 2.45) is 0 Å². The molecule has 6 heteroatoms. The number of hydrogen-bond acceptors (Lipinski definition) is 2. The second kappa shape index (κ2) is 5.36. The first-order valence-corrected chi connectivity index (χ1v) is 6.99. The fraction of sp³-hybridized carbons (Fsp3) is 0.462. The van der Waals surface area contributed by atoms with Crippen LogP contribution in [0.3, 0.4) is 0 Å². The summed E-state index contributed by atoms with van der Waals surface area (Å²) in [5.41, 5.74) is 0.609. The summed E-state index contributed by atoms with van der Waals surface area (Å²) in [6.07, 6.45) is -1.23. The van der Waals surface area contributed by atoms with Crippen molar-refractivity contribution in [3.05, 3.63) is 39.3 Å². The molecule has 104 valence electrons. The van der Waals surface area contributed by atoms with Gasteiger partial charge in [-0.05, 0) is 23.4 Å². The van der Waals surface area contributed by atoms with Gasteiger partial charge in [0.15, 0.2) is 0 Å². The van der Waals surface area contributed by atoms with Crippen molar-refractivity contribution in [3.8, 4) is 0 Å². The summed E-state index contributed by atoms with van der Waals surface area (Å²) in [6, 6.07) is 1.99. The molecule has 0 aliphatic rings. The van der Waals surface area contributed by atoms with Gasteiger partial charge in [0.1, 0.15) is 5.69 Å². The summed E-state index contributed by atoms with van der Waals surface area (Å²) >= 11 is 1.51. The molecule has 2 nitrogen and oxygen atoms in total. The van der Waals surface area contributed by atoms with E-state index < -0.39 is 11.9 Å². The highest BCUT2D eigenvalue weighted by Gasteiger charge is 2.37. The molecule has 0 radical (unpaired) electrons. The van der Waals surface area contributed by atoms with Crippen LogP contribution in [0.2, 0.25) is 0 Å². The van der Waals surface area contributed by atoms with Crippen LogP contribution in [-0.4, -0.2) is 10.2 Å². The van der Waals surface area contributed by atoms with Crippen molar-refractivity contribution in [1.29, 1.82) is 0 Å². The van der Waals surface area contributed by atoms with Crippen molar-refractivity contribution in [2.45, 2.75) is 38.8 Å². The number of rotatable bonds is 4. The Morgan fingerprint density at radius 3 is 2.79 bits per heavy atom. The van der Waals surface area contributed by atoms with Crippen molar-refractivity contribution < 1.29 is 13.2 Å². The van der Waals surface area contributed by atoms with Crippen molar-refractivity contribution >= 4 is 11.3 Å². The van der Waals surface area contributed by atoms with Crippen LogP contribution in [0.25, 0.3) is 0 Å². The van der Waals surface area contributed by atoms with E-state index in [0.717, 1.165) is 23.3 Å². The smallest absolute Gasteiger partial charge is 0.273 e. The number of aryl methyl sites for hydroxylation is 1. The first-order valence-electron chi connectivity index (χ1n) is 6.11. The van der Waals surface area contributed by atoms with E-state index in [9.17, 15) is 13.2 Å². The molecule has 2 rings (SSSR count). The standard InChI is InChI=1S/C13H15F3N2S/c1-3-4-9-5-6-19-11(9)8(2)10-7-17-18-12(10)13(14,15)16/h5-8H,3-4H2,1-2H3,(H,17,18). The van der Waals surface area contributed by atoms with Crippen LogP contribution in [0.1, 0.15) is 47.9 Å². The number of halogens is 3. The van der Waals surface area contributed by atoms with E-state index in [0.29, 0.717) is 0 Å². The van der Waals surface area contributed by atoms with E-state index in [1.165, 1.54) is 17.5 Å². The van der Waals surface area contributed by atoms with E-state index in [2.05, 4.69) is 17.1 Å². The normalized spacial score (nSPS) is 13.7. The summed E-state index contributed by atoms with van der Waals surface area (Å²) in [5, 5.41) is 7.56. The molecule has 2 aromatic heterocycles. The third-order valence-electron chi connectivity index (χ3n) is 3.11. The second-order valence-corrected chi connectivity index (χ2v) is 5.43. The van der Waals surface area contributed by atoms with Crippen LogP contribution in [0.5, 0.6) is 0 Å². The molecule has 0 spiro atoms. The molecule has 1 N–H and O–H groups in total. The van der Waals surface area contributed by atoms with Crippen molar-refractivity contribution in [1.82, 2.24) is 10.2 Å². The van der Waals surface area contributed by atoms with Gasteiger partial charge in [0.05, 0.1) is 6.20 Å². The van der Waals surface area contributed by atoms with Crippen LogP contribution in [-0.2, 0) is 12.6 Å². The van der Waals surface area contributed by atoms with Gasteiger partial charge in [-0.25, -0.2) is 0 Å². The lowest BCUT2D eigenvalue weighted by Crippen LogP contribution is -2.11. The van der Waals surface area contributed by atoms with Crippen LogP contribution in [0.4, 0.5) is 13.2 Å². The SMILES string of the molecule is CCCc1ccsc1C(C)c1cn[nH]c1C(F)(F)F. The minimum Gasteiger partial charge on any atom is -0.273 e. The summed E-state index contributed by atoms with van der Waals surface area (Å²) in [7, 11) is 0. The van der Waals surface area contributed by atoms with Crippen LogP contribution in [0.15, 0.2) is 17.6 Å². The Kier molecular flexibility index (Phi) is 3.99. The first-order chi connectivity index (χ1) is 8.95. The molecule has 0 bridgehead atoms. The number of aromatic amines is 1. The fourth-order valence-corrected chi connectivity index (χ4v) is 3.23. The maximum atomic E-state index is 12.9. The fourth-order valence-electron chi connectivity index (χ4n) is 2.20. The highest BCUT2D eigenvalue weighted by atomic mass is 32.1. The van der Waals surface area contributed by atoms with Gasteiger partial charge < -0.3 is 0 Å². The molecular formula is C13H15F3N2S. The van der Waals surface area contributed by atoms with E-state index in [1.807, 2.05) is 11.4 Å². The van der Waals surface area contributed by atoms with Gasteiger partial charge in [0.2, 0.25) is 0 Å². The van der Waals surface area contributed by atoms with Gasteiger partial charge in [0.25, 0.3) is 0 Å². The molecule has 0 saturated heterocycles. The molecule has 2 aromatic rings. The topological polar surface area (TPSA) is 28.7 Å². The van der Waals surface area contributed by atoms with Gasteiger partial charge in [0, 0.05) is 16.4 Å². The Hall–Kier alpha value is -1.30. The third-order valence-corrected chi connectivity index (χ3v) is 4.25. The predicted octanol–water partition coefficient (Wildman–Crippen LogP) is 4.59. The zero-order valence-corrected chi connectivity index (χ0v) is 11.5. The first kappa shape index (κ1) is 14.1. The lowest BCUT2D eigenvalue weighted by Gasteiger charge is -2.14. The second-order valence-electron chi connectivity index (χ2n) is 4.48. The lowest BCUT2D eigenvalue weighted by molar-refractivity contribution is -0.141. The van der Waals surface area contributed by atoms with Crippen LogP contribution >= 0.6 is 11.3 Å². The number of hydrogen-bond donors (Lipinski definition) is 1. The number of thiophene rings is 1. The Balaban J connectivity index is 2.37. The van der Waals surface area contributed by atoms with E-state index in [1.54, 1.807) is 6.92 Å². The molecular weight excluding hydrogens is 273 g/mol. The average Bonchev–Trinajstić information content (AvgIpc) is 2.95. The van der Waals surface area contributed by atoms with Gasteiger partial charge >= 0.3 is 6.18 Å². The molecule has 2 heterocycles. The van der Waals surface area contributed by atoms with E-state index in [4.69, 9.17) is 0 Å². The van der Waals surface area contributed by atoms with E-state index in [-0.39, 0.29) is 11.5 Å². The average molecular weight is 288 g/mol. The zero-order valence-electron chi connectivity index (χ0n) is 10.7. The molecule has 19 heavy (non-hydrogen) atoms. The Bertz CT molecular complexity index is 542. The molecule has 0 amide bonds. The predicted molar refractivity (Wildman–Crippen MR) is 69.4 cm³/mol. The molecule has 0 saturated carbocycles. The summed E-state index contributed by atoms with van der Waals surface area (Å²) in [6.45, 7) is 3.86. The molecule has 0 aromatic carbocycles. The maximum Gasteiger partial charge on any atom is 0.433 e. The maximum absolute atomic E-state index is 12.9. The number of H-pyrrole nitrogens is 1. The van der Waals surface area contributed by atoms with Crippen molar-refractivity contribution in [3.63, 3.8) is 0 Å². The highest BCUT2D eigenvalue weighted by Crippen LogP contribution is 2.38. The Morgan fingerprint density at radius 1 is 1.42 bits per heavy atom. The highest BCUT2D eigenvalue weighted by molar-refractivity contribution is 7.10. The number of aromatic nitrogens is 2. The monoisotopic (exact) mass is 288 g/mol. The van der Waals surface area contributed by atoms with Gasteiger partial charge in [-0.3, -0.25) is 5.10 Å². The minimum absolute atomic E-state index is 0.215. The summed E-state index contributed by atoms with van der Waals surface area (Å²) in [5.74, 6) is -0.295. The Morgan fingerprint density at radius 2 is 2.16 bits per heavy atom. The number of nitrogens with one attached hydrogen (secondary N) is 1. The van der Waals surface area contributed by atoms with Gasteiger partial charge in [-0.1, -0.05) is 20.3 Å².